The lowest BCUT2D eigenvalue weighted by Crippen LogP contribution is -2.44. The molecule has 2 aliphatic heterocycles. The Kier molecular flexibility index (Phi) is 6.25. The van der Waals surface area contributed by atoms with E-state index < -0.39 is 10.0 Å². The molecule has 0 aromatic rings. The largest absolute Gasteiger partial charge is 0.340 e. The summed E-state index contributed by atoms with van der Waals surface area (Å²) in [7, 11) is -1.81. The summed E-state index contributed by atoms with van der Waals surface area (Å²) in [6.07, 6.45) is 3.26. The van der Waals surface area contributed by atoms with Crippen molar-refractivity contribution in [2.24, 2.45) is 0 Å². The fourth-order valence-electron chi connectivity index (χ4n) is 2.78. The first-order valence-corrected chi connectivity index (χ1v) is 8.51. The van der Waals surface area contributed by atoms with Crippen molar-refractivity contribution in [3.05, 3.63) is 0 Å². The highest BCUT2D eigenvalue weighted by Crippen LogP contribution is 2.20. The van der Waals surface area contributed by atoms with E-state index in [0.29, 0.717) is 18.6 Å². The van der Waals surface area contributed by atoms with Crippen LogP contribution in [0, 0.1) is 0 Å². The molecule has 2 aliphatic rings. The van der Waals surface area contributed by atoms with Crippen molar-refractivity contribution in [3.8, 4) is 0 Å². The molecule has 1 amide bonds. The van der Waals surface area contributed by atoms with Crippen LogP contribution in [0.5, 0.6) is 0 Å². The van der Waals surface area contributed by atoms with Crippen molar-refractivity contribution in [1.82, 2.24) is 14.5 Å². The van der Waals surface area contributed by atoms with E-state index in [4.69, 9.17) is 0 Å². The predicted octanol–water partition coefficient (Wildman–Crippen LogP) is 0.0426. The number of fused-ring (bicyclic) bond motifs is 2. The third-order valence-corrected chi connectivity index (χ3v) is 5.88. The molecule has 0 aromatic carbocycles. The number of carbonyl (C=O) groups excluding carboxylic acids is 1. The van der Waals surface area contributed by atoms with E-state index in [2.05, 4.69) is 5.32 Å². The van der Waals surface area contributed by atoms with Crippen LogP contribution in [0.1, 0.15) is 26.2 Å². The maximum absolute atomic E-state index is 12.2. The van der Waals surface area contributed by atoms with Gasteiger partial charge in [-0.3, -0.25) is 4.79 Å². The molecule has 20 heavy (non-hydrogen) atoms. The lowest BCUT2D eigenvalue weighted by Gasteiger charge is -2.26. The Morgan fingerprint density at radius 2 is 1.95 bits per heavy atom. The molecule has 2 fully saturated rings. The third kappa shape index (κ3) is 4.07. The van der Waals surface area contributed by atoms with Gasteiger partial charge in [-0.1, -0.05) is 0 Å². The molecule has 2 bridgehead atoms. The van der Waals surface area contributed by atoms with Crippen molar-refractivity contribution >= 4 is 28.3 Å². The molecule has 2 atom stereocenters. The van der Waals surface area contributed by atoms with Crippen molar-refractivity contribution in [2.75, 3.05) is 32.4 Å². The fourth-order valence-corrected chi connectivity index (χ4v) is 3.53. The van der Waals surface area contributed by atoms with Gasteiger partial charge >= 0.3 is 0 Å². The molecule has 0 aliphatic carbocycles. The quantitative estimate of drug-likeness (QED) is 0.792. The van der Waals surface area contributed by atoms with Gasteiger partial charge < -0.3 is 10.2 Å². The molecule has 8 heteroatoms. The van der Waals surface area contributed by atoms with Gasteiger partial charge in [0.25, 0.3) is 0 Å². The summed E-state index contributed by atoms with van der Waals surface area (Å²) in [5.74, 6) is -0.0582. The molecule has 2 rings (SSSR count). The molecule has 2 unspecified atom stereocenters. The monoisotopic (exact) mass is 325 g/mol. The third-order valence-electron chi connectivity index (χ3n) is 4.07. The van der Waals surface area contributed by atoms with Crippen LogP contribution >= 0.6 is 12.4 Å². The van der Waals surface area contributed by atoms with Crippen molar-refractivity contribution < 1.29 is 13.2 Å². The van der Waals surface area contributed by atoms with Crippen molar-refractivity contribution in [2.45, 2.75) is 38.3 Å². The van der Waals surface area contributed by atoms with Crippen LogP contribution in [0.2, 0.25) is 0 Å². The number of likely N-dealkylation sites (N-methyl/N-ethyl adjacent to an activating group) is 1. The van der Waals surface area contributed by atoms with Gasteiger partial charge in [-0.25, -0.2) is 8.42 Å². The molecule has 1 N–H and O–H groups in total. The van der Waals surface area contributed by atoms with Gasteiger partial charge in [0, 0.05) is 32.2 Å². The molecule has 0 radical (unpaired) electrons. The standard InChI is InChI=1S/C12H23N3O3S.ClH/c1-3-19(17,18)14(2)9-12(16)15-7-6-10-4-5-11(8-15)13-10;/h10-11,13H,3-9H2,1-2H3;1H. The molecule has 118 valence electrons. The Morgan fingerprint density at radius 1 is 1.30 bits per heavy atom. The first-order chi connectivity index (χ1) is 8.92. The van der Waals surface area contributed by atoms with Crippen LogP contribution in [0.3, 0.4) is 0 Å². The summed E-state index contributed by atoms with van der Waals surface area (Å²) in [5.41, 5.74) is 0. The average Bonchev–Trinajstić information content (AvgIpc) is 2.68. The number of likely N-dealkylation sites (tertiary alicyclic amines) is 1. The second kappa shape index (κ2) is 7.06. The summed E-state index contributed by atoms with van der Waals surface area (Å²) in [5, 5.41) is 3.51. The maximum atomic E-state index is 12.2. The average molecular weight is 326 g/mol. The number of halogens is 1. The van der Waals surface area contributed by atoms with Crippen molar-refractivity contribution in [1.29, 1.82) is 0 Å². The Bertz CT molecular complexity index is 443. The van der Waals surface area contributed by atoms with E-state index >= 15 is 0 Å². The highest BCUT2D eigenvalue weighted by atomic mass is 35.5. The first kappa shape index (κ1) is 17.7. The molecular formula is C12H24ClN3O3S. The summed E-state index contributed by atoms with van der Waals surface area (Å²) in [6.45, 7) is 2.97. The van der Waals surface area contributed by atoms with Crippen LogP contribution in [0.15, 0.2) is 0 Å². The molecule has 6 nitrogen and oxygen atoms in total. The fraction of sp³-hybridized carbons (Fsp3) is 0.917. The number of amides is 1. The molecule has 2 saturated heterocycles. The van der Waals surface area contributed by atoms with E-state index in [1.807, 2.05) is 0 Å². The van der Waals surface area contributed by atoms with E-state index in [0.717, 1.165) is 23.7 Å². The molecule has 2 heterocycles. The number of nitrogens with zero attached hydrogens (tertiary/aromatic N) is 2. The summed E-state index contributed by atoms with van der Waals surface area (Å²) in [6, 6.07) is 0.907. The van der Waals surface area contributed by atoms with E-state index in [-0.39, 0.29) is 30.6 Å². The lowest BCUT2D eigenvalue weighted by molar-refractivity contribution is -0.131. The topological polar surface area (TPSA) is 69.7 Å². The number of rotatable bonds is 4. The number of sulfonamides is 1. The second-order valence-electron chi connectivity index (χ2n) is 5.42. The zero-order valence-electron chi connectivity index (χ0n) is 12.0. The van der Waals surface area contributed by atoms with Crippen LogP contribution in [0.4, 0.5) is 0 Å². The smallest absolute Gasteiger partial charge is 0.237 e. The zero-order valence-corrected chi connectivity index (χ0v) is 13.7. The van der Waals surface area contributed by atoms with Crippen LogP contribution in [0.25, 0.3) is 0 Å². The highest BCUT2D eigenvalue weighted by molar-refractivity contribution is 7.89. The van der Waals surface area contributed by atoms with Gasteiger partial charge in [-0.15, -0.1) is 12.4 Å². The Balaban J connectivity index is 0.00000200. The van der Waals surface area contributed by atoms with Gasteiger partial charge in [0.2, 0.25) is 15.9 Å². The van der Waals surface area contributed by atoms with E-state index in [1.54, 1.807) is 11.8 Å². The minimum atomic E-state index is -3.28. The second-order valence-corrected chi connectivity index (χ2v) is 7.79. The predicted molar refractivity (Wildman–Crippen MR) is 80.5 cm³/mol. The molecule has 0 aromatic heterocycles. The van der Waals surface area contributed by atoms with Gasteiger partial charge in [0.1, 0.15) is 0 Å². The molecule has 0 saturated carbocycles. The van der Waals surface area contributed by atoms with Crippen molar-refractivity contribution in [3.63, 3.8) is 0 Å². The van der Waals surface area contributed by atoms with Gasteiger partial charge in [-0.2, -0.15) is 4.31 Å². The SMILES string of the molecule is CCS(=O)(=O)N(C)CC(=O)N1CCC2CCC(C1)N2.Cl. The Labute approximate surface area is 127 Å². The van der Waals surface area contributed by atoms with Crippen LogP contribution in [-0.4, -0.2) is 68.0 Å². The lowest BCUT2D eigenvalue weighted by atomic mass is 10.1. The maximum Gasteiger partial charge on any atom is 0.237 e. The Morgan fingerprint density at radius 3 is 2.60 bits per heavy atom. The van der Waals surface area contributed by atoms with Crippen LogP contribution < -0.4 is 5.32 Å². The first-order valence-electron chi connectivity index (χ1n) is 6.90. The van der Waals surface area contributed by atoms with Gasteiger partial charge in [-0.05, 0) is 26.2 Å². The minimum absolute atomic E-state index is 0. The van der Waals surface area contributed by atoms with Crippen LogP contribution in [-0.2, 0) is 14.8 Å². The number of carbonyl (C=O) groups is 1. The van der Waals surface area contributed by atoms with E-state index in [9.17, 15) is 13.2 Å². The minimum Gasteiger partial charge on any atom is -0.340 e. The normalized spacial score (nSPS) is 26.2. The summed E-state index contributed by atoms with van der Waals surface area (Å²) < 4.78 is 24.5. The van der Waals surface area contributed by atoms with Gasteiger partial charge in [0.15, 0.2) is 0 Å². The number of hydrogen-bond acceptors (Lipinski definition) is 4. The summed E-state index contributed by atoms with van der Waals surface area (Å²) in [4.78, 5) is 14.0. The number of nitrogens with one attached hydrogen (secondary N) is 1. The Hall–Kier alpha value is -0.370. The number of hydrogen-bond donors (Lipinski definition) is 1. The summed E-state index contributed by atoms with van der Waals surface area (Å²) >= 11 is 0. The van der Waals surface area contributed by atoms with Gasteiger partial charge in [0.05, 0.1) is 12.3 Å². The highest BCUT2D eigenvalue weighted by Gasteiger charge is 2.32. The van der Waals surface area contributed by atoms with E-state index in [1.165, 1.54) is 13.5 Å². The molecule has 0 spiro atoms. The zero-order chi connectivity index (χ0) is 14.0. The molecular weight excluding hydrogens is 302 g/mol.